The van der Waals surface area contributed by atoms with Gasteiger partial charge in [0.25, 0.3) is 0 Å². The molecule has 0 aliphatic carbocycles. The second-order valence-corrected chi connectivity index (χ2v) is 2.95. The van der Waals surface area contributed by atoms with Gasteiger partial charge in [-0.05, 0) is 0 Å². The molecular formula is C4H9O5P. The molecule has 6 heteroatoms. The Labute approximate surface area is 58.6 Å². The molecule has 0 aliphatic rings. The SMILES string of the molecule is CCC(=O)OP(=O)(O)OC. The van der Waals surface area contributed by atoms with Crippen molar-refractivity contribution in [3.05, 3.63) is 0 Å². The highest BCUT2D eigenvalue weighted by atomic mass is 31.2. The molecule has 10 heavy (non-hydrogen) atoms. The largest absolute Gasteiger partial charge is 0.529 e. The zero-order valence-electron chi connectivity index (χ0n) is 5.73. The number of phosphoric acid groups is 1. The molecule has 0 bridgehead atoms. The Morgan fingerprint density at radius 3 is 2.50 bits per heavy atom. The van der Waals surface area contributed by atoms with Crippen LogP contribution in [0.4, 0.5) is 0 Å². The number of carbonyl (C=O) groups is 1. The van der Waals surface area contributed by atoms with Gasteiger partial charge in [0.05, 0.1) is 0 Å². The van der Waals surface area contributed by atoms with Gasteiger partial charge in [-0.15, -0.1) is 0 Å². The van der Waals surface area contributed by atoms with Gasteiger partial charge in [-0.3, -0.25) is 14.2 Å². The van der Waals surface area contributed by atoms with Gasteiger partial charge in [0.1, 0.15) is 0 Å². The number of hydrogen-bond donors (Lipinski definition) is 1. The van der Waals surface area contributed by atoms with E-state index in [1.165, 1.54) is 6.92 Å². The third-order valence-electron chi connectivity index (χ3n) is 0.737. The van der Waals surface area contributed by atoms with Crippen molar-refractivity contribution in [1.29, 1.82) is 0 Å². The number of carbonyl (C=O) groups excluding carboxylic acids is 1. The van der Waals surface area contributed by atoms with Crippen LogP contribution in [0.5, 0.6) is 0 Å². The van der Waals surface area contributed by atoms with Crippen LogP contribution in [0.1, 0.15) is 13.3 Å². The molecule has 0 spiro atoms. The fourth-order valence-electron chi connectivity index (χ4n) is 0.230. The summed E-state index contributed by atoms with van der Waals surface area (Å²) in [6.45, 7) is 1.51. The van der Waals surface area contributed by atoms with Crippen LogP contribution >= 0.6 is 7.82 Å². The zero-order chi connectivity index (χ0) is 8.20. The van der Waals surface area contributed by atoms with Crippen LogP contribution in [0.3, 0.4) is 0 Å². The van der Waals surface area contributed by atoms with E-state index in [0.717, 1.165) is 7.11 Å². The minimum absolute atomic E-state index is 0.0495. The van der Waals surface area contributed by atoms with Crippen LogP contribution in [0.15, 0.2) is 0 Å². The summed E-state index contributed by atoms with van der Waals surface area (Å²) in [7, 11) is -3.11. The van der Waals surface area contributed by atoms with Gasteiger partial charge in [0.15, 0.2) is 0 Å². The lowest BCUT2D eigenvalue weighted by atomic mass is 10.5. The van der Waals surface area contributed by atoms with Crippen molar-refractivity contribution in [2.75, 3.05) is 7.11 Å². The van der Waals surface area contributed by atoms with Crippen molar-refractivity contribution in [2.24, 2.45) is 0 Å². The Morgan fingerprint density at radius 2 is 2.20 bits per heavy atom. The first-order chi connectivity index (χ1) is 4.52. The Kier molecular flexibility index (Phi) is 3.57. The molecule has 0 saturated carbocycles. The van der Waals surface area contributed by atoms with E-state index in [1.807, 2.05) is 0 Å². The molecule has 60 valence electrons. The summed E-state index contributed by atoms with van der Waals surface area (Å²) in [6, 6.07) is 0. The molecular weight excluding hydrogens is 159 g/mol. The van der Waals surface area contributed by atoms with E-state index in [-0.39, 0.29) is 6.42 Å². The predicted octanol–water partition coefficient (Wildman–Crippen LogP) is 0.686. The van der Waals surface area contributed by atoms with Crippen molar-refractivity contribution < 1.29 is 23.3 Å². The van der Waals surface area contributed by atoms with Gasteiger partial charge in [-0.2, -0.15) is 0 Å². The van der Waals surface area contributed by atoms with Gasteiger partial charge < -0.3 is 4.52 Å². The average Bonchev–Trinajstić information content (AvgIpc) is 1.87. The van der Waals surface area contributed by atoms with Crippen molar-refractivity contribution in [1.82, 2.24) is 0 Å². The fourth-order valence-corrected chi connectivity index (χ4v) is 0.691. The van der Waals surface area contributed by atoms with Gasteiger partial charge in [0.2, 0.25) is 0 Å². The average molecular weight is 168 g/mol. The van der Waals surface area contributed by atoms with Crippen LogP contribution in [-0.2, 0) is 18.4 Å². The van der Waals surface area contributed by atoms with Crippen LogP contribution in [-0.4, -0.2) is 18.0 Å². The predicted molar refractivity (Wildman–Crippen MR) is 33.2 cm³/mol. The molecule has 0 heterocycles. The summed E-state index contributed by atoms with van der Waals surface area (Å²) in [5.41, 5.74) is 0. The molecule has 5 nitrogen and oxygen atoms in total. The molecule has 1 N–H and O–H groups in total. The Hall–Kier alpha value is -0.380. The van der Waals surface area contributed by atoms with Crippen LogP contribution in [0.2, 0.25) is 0 Å². The standard InChI is InChI=1S/C4H9O5P/c1-3-4(5)9-10(6,7)8-2/h3H2,1-2H3,(H,6,7). The van der Waals surface area contributed by atoms with E-state index in [4.69, 9.17) is 4.89 Å². The summed E-state index contributed by atoms with van der Waals surface area (Å²) in [4.78, 5) is 18.9. The second-order valence-electron chi connectivity index (χ2n) is 1.47. The molecule has 1 unspecified atom stereocenters. The van der Waals surface area contributed by atoms with Crippen molar-refractivity contribution >= 4 is 13.8 Å². The van der Waals surface area contributed by atoms with Crippen molar-refractivity contribution in [3.8, 4) is 0 Å². The Bertz CT molecular complexity index is 165. The Balaban J connectivity index is 3.89. The minimum Gasteiger partial charge on any atom is -0.371 e. The lowest BCUT2D eigenvalue weighted by Crippen LogP contribution is -2.00. The summed E-state index contributed by atoms with van der Waals surface area (Å²) < 4.78 is 18.4. The highest BCUT2D eigenvalue weighted by Crippen LogP contribution is 2.42. The number of phosphoric ester groups is 1. The highest BCUT2D eigenvalue weighted by Gasteiger charge is 2.22. The summed E-state index contributed by atoms with van der Waals surface area (Å²) in [5.74, 6) is -0.757. The number of hydrogen-bond acceptors (Lipinski definition) is 4. The Morgan fingerprint density at radius 1 is 1.70 bits per heavy atom. The van der Waals surface area contributed by atoms with E-state index in [2.05, 4.69) is 9.05 Å². The lowest BCUT2D eigenvalue weighted by Gasteiger charge is -2.06. The van der Waals surface area contributed by atoms with Gasteiger partial charge in [0, 0.05) is 13.5 Å². The lowest BCUT2D eigenvalue weighted by molar-refractivity contribution is -0.135. The van der Waals surface area contributed by atoms with Gasteiger partial charge in [-0.1, -0.05) is 6.92 Å². The van der Waals surface area contributed by atoms with E-state index < -0.39 is 13.8 Å². The van der Waals surface area contributed by atoms with E-state index in [1.54, 1.807) is 0 Å². The minimum atomic E-state index is -4.10. The maximum Gasteiger partial charge on any atom is 0.529 e. The molecule has 0 radical (unpaired) electrons. The first-order valence-corrected chi connectivity index (χ1v) is 4.12. The third-order valence-corrected chi connectivity index (χ3v) is 1.63. The molecule has 0 amide bonds. The maximum absolute atomic E-state index is 10.4. The van der Waals surface area contributed by atoms with Crippen molar-refractivity contribution in [3.63, 3.8) is 0 Å². The molecule has 0 aromatic heterocycles. The maximum atomic E-state index is 10.4. The zero-order valence-corrected chi connectivity index (χ0v) is 6.63. The number of rotatable bonds is 3. The first-order valence-electron chi connectivity index (χ1n) is 2.62. The third kappa shape index (κ3) is 3.61. The molecule has 0 saturated heterocycles. The molecule has 1 atom stereocenters. The summed E-state index contributed by atoms with van der Waals surface area (Å²) in [6.07, 6.45) is 0.0495. The fraction of sp³-hybridized carbons (Fsp3) is 0.750. The highest BCUT2D eigenvalue weighted by molar-refractivity contribution is 7.48. The molecule has 0 aromatic rings. The smallest absolute Gasteiger partial charge is 0.371 e. The monoisotopic (exact) mass is 168 g/mol. The van der Waals surface area contributed by atoms with Crippen molar-refractivity contribution in [2.45, 2.75) is 13.3 Å². The van der Waals surface area contributed by atoms with Crippen LogP contribution in [0, 0.1) is 0 Å². The molecule has 0 aromatic carbocycles. The molecule has 0 fully saturated rings. The summed E-state index contributed by atoms with van der Waals surface area (Å²) in [5, 5.41) is 0. The quantitative estimate of drug-likeness (QED) is 0.627. The first kappa shape index (κ1) is 9.62. The normalized spacial score (nSPS) is 15.9. The van der Waals surface area contributed by atoms with E-state index in [9.17, 15) is 9.36 Å². The molecule has 0 aliphatic heterocycles. The summed E-state index contributed by atoms with van der Waals surface area (Å²) >= 11 is 0. The van der Waals surface area contributed by atoms with Gasteiger partial charge in [-0.25, -0.2) is 4.57 Å². The molecule has 0 rings (SSSR count). The van der Waals surface area contributed by atoms with E-state index in [0.29, 0.717) is 0 Å². The van der Waals surface area contributed by atoms with Crippen LogP contribution < -0.4 is 0 Å². The van der Waals surface area contributed by atoms with Gasteiger partial charge >= 0.3 is 13.8 Å². The van der Waals surface area contributed by atoms with E-state index >= 15 is 0 Å². The van der Waals surface area contributed by atoms with Crippen LogP contribution in [0.25, 0.3) is 0 Å². The second kappa shape index (κ2) is 3.71. The topological polar surface area (TPSA) is 72.8 Å².